The summed E-state index contributed by atoms with van der Waals surface area (Å²) < 4.78 is 2.42. The molecule has 1 aromatic heterocycles. The number of nitrogen functional groups attached to an aromatic ring is 1. The van der Waals surface area contributed by atoms with Crippen LogP contribution in [0.25, 0.3) is 0 Å². The summed E-state index contributed by atoms with van der Waals surface area (Å²) in [5.74, 6) is 1.13. The number of H-pyrrole nitrogens is 1. The van der Waals surface area contributed by atoms with Gasteiger partial charge in [0.2, 0.25) is 5.95 Å². The standard InChI is InChI=1S/C7H14N4S/c1-5(2)3-4-11-6(8)9-10-7(11)12/h5H,3-4H2,1-2H3,(H2,8,9)(H,10,12). The topological polar surface area (TPSA) is 59.6 Å². The molecule has 4 nitrogen and oxygen atoms in total. The monoisotopic (exact) mass is 186 g/mol. The molecule has 0 saturated heterocycles. The molecule has 0 radical (unpaired) electrons. The third kappa shape index (κ3) is 2.07. The van der Waals surface area contributed by atoms with Gasteiger partial charge in [-0.15, -0.1) is 5.10 Å². The van der Waals surface area contributed by atoms with Gasteiger partial charge < -0.3 is 5.73 Å². The Morgan fingerprint density at radius 2 is 2.33 bits per heavy atom. The van der Waals surface area contributed by atoms with Crippen molar-refractivity contribution in [3.8, 4) is 0 Å². The van der Waals surface area contributed by atoms with E-state index in [1.165, 1.54) is 0 Å². The van der Waals surface area contributed by atoms with Gasteiger partial charge >= 0.3 is 0 Å². The van der Waals surface area contributed by atoms with Crippen molar-refractivity contribution in [2.24, 2.45) is 5.92 Å². The number of hydrogen-bond acceptors (Lipinski definition) is 3. The molecular weight excluding hydrogens is 172 g/mol. The van der Waals surface area contributed by atoms with E-state index in [1.54, 1.807) is 0 Å². The highest BCUT2D eigenvalue weighted by Gasteiger charge is 2.01. The number of aromatic amines is 1. The van der Waals surface area contributed by atoms with Crippen molar-refractivity contribution < 1.29 is 0 Å². The molecule has 1 aromatic rings. The van der Waals surface area contributed by atoms with Gasteiger partial charge in [0.1, 0.15) is 0 Å². The molecule has 3 N–H and O–H groups in total. The fraction of sp³-hybridized carbons (Fsp3) is 0.714. The first-order valence-electron chi connectivity index (χ1n) is 4.02. The second kappa shape index (κ2) is 3.71. The molecule has 0 fully saturated rings. The molecule has 0 aromatic carbocycles. The van der Waals surface area contributed by atoms with Crippen LogP contribution in [0.3, 0.4) is 0 Å². The molecule has 0 aliphatic heterocycles. The van der Waals surface area contributed by atoms with Crippen LogP contribution in [0.4, 0.5) is 5.95 Å². The van der Waals surface area contributed by atoms with E-state index >= 15 is 0 Å². The van der Waals surface area contributed by atoms with E-state index in [0.717, 1.165) is 13.0 Å². The van der Waals surface area contributed by atoms with Gasteiger partial charge in [-0.25, -0.2) is 5.10 Å². The van der Waals surface area contributed by atoms with Crippen molar-refractivity contribution in [2.45, 2.75) is 26.8 Å². The lowest BCUT2D eigenvalue weighted by molar-refractivity contribution is 0.516. The fourth-order valence-electron chi connectivity index (χ4n) is 0.933. The Kier molecular flexibility index (Phi) is 2.86. The van der Waals surface area contributed by atoms with Crippen molar-refractivity contribution in [1.82, 2.24) is 14.8 Å². The molecule has 1 heterocycles. The number of aromatic nitrogens is 3. The van der Waals surface area contributed by atoms with Gasteiger partial charge in [0, 0.05) is 6.54 Å². The predicted octanol–water partition coefficient (Wildman–Crippen LogP) is 1.57. The molecule has 12 heavy (non-hydrogen) atoms. The smallest absolute Gasteiger partial charge is 0.220 e. The quantitative estimate of drug-likeness (QED) is 0.704. The molecule has 0 aliphatic carbocycles. The Hall–Kier alpha value is -0.840. The molecule has 0 amide bonds. The van der Waals surface area contributed by atoms with E-state index in [2.05, 4.69) is 24.0 Å². The number of nitrogens with zero attached hydrogens (tertiary/aromatic N) is 2. The van der Waals surface area contributed by atoms with E-state index in [4.69, 9.17) is 18.0 Å². The van der Waals surface area contributed by atoms with Crippen LogP contribution < -0.4 is 5.73 Å². The van der Waals surface area contributed by atoms with E-state index in [9.17, 15) is 0 Å². The maximum Gasteiger partial charge on any atom is 0.220 e. The second-order valence-corrected chi connectivity index (χ2v) is 3.61. The number of hydrogen-bond donors (Lipinski definition) is 2. The summed E-state index contributed by atoms with van der Waals surface area (Å²) in [6.45, 7) is 5.18. The number of nitrogens with one attached hydrogen (secondary N) is 1. The van der Waals surface area contributed by atoms with Crippen LogP contribution in [0.15, 0.2) is 0 Å². The van der Waals surface area contributed by atoms with Crippen molar-refractivity contribution in [2.75, 3.05) is 5.73 Å². The van der Waals surface area contributed by atoms with Gasteiger partial charge in [-0.1, -0.05) is 13.8 Å². The molecule has 0 saturated carbocycles. The minimum absolute atomic E-state index is 0.473. The third-order valence-electron chi connectivity index (χ3n) is 1.72. The van der Waals surface area contributed by atoms with E-state index in [-0.39, 0.29) is 0 Å². The van der Waals surface area contributed by atoms with Gasteiger partial charge in [0.25, 0.3) is 0 Å². The number of rotatable bonds is 3. The average Bonchev–Trinajstić information content (AvgIpc) is 2.28. The van der Waals surface area contributed by atoms with Crippen molar-refractivity contribution in [3.63, 3.8) is 0 Å². The molecular formula is C7H14N4S. The van der Waals surface area contributed by atoms with Crippen LogP contribution in [0.2, 0.25) is 0 Å². The Balaban J connectivity index is 2.68. The zero-order valence-electron chi connectivity index (χ0n) is 7.37. The number of anilines is 1. The lowest BCUT2D eigenvalue weighted by atomic mass is 10.1. The summed E-state index contributed by atoms with van der Waals surface area (Å²) >= 11 is 4.99. The van der Waals surface area contributed by atoms with Crippen molar-refractivity contribution >= 4 is 18.2 Å². The fourth-order valence-corrected chi connectivity index (χ4v) is 1.16. The minimum Gasteiger partial charge on any atom is -0.368 e. The van der Waals surface area contributed by atoms with Crippen LogP contribution in [0.5, 0.6) is 0 Å². The highest BCUT2D eigenvalue weighted by Crippen LogP contribution is 2.05. The van der Waals surface area contributed by atoms with Crippen LogP contribution >= 0.6 is 12.2 Å². The summed E-state index contributed by atoms with van der Waals surface area (Å²) in [7, 11) is 0. The van der Waals surface area contributed by atoms with Crippen molar-refractivity contribution in [3.05, 3.63) is 4.77 Å². The molecule has 0 unspecified atom stereocenters. The van der Waals surface area contributed by atoms with Gasteiger partial charge in [0.05, 0.1) is 0 Å². The van der Waals surface area contributed by atoms with Gasteiger partial charge in [-0.3, -0.25) is 4.57 Å². The average molecular weight is 186 g/mol. The first-order valence-corrected chi connectivity index (χ1v) is 4.42. The normalized spacial score (nSPS) is 10.9. The summed E-state index contributed by atoms with van der Waals surface area (Å²) in [4.78, 5) is 0. The summed E-state index contributed by atoms with van der Waals surface area (Å²) in [5.41, 5.74) is 5.58. The highest BCUT2D eigenvalue weighted by molar-refractivity contribution is 7.71. The van der Waals surface area contributed by atoms with Crippen LogP contribution in [-0.2, 0) is 6.54 Å². The maximum absolute atomic E-state index is 5.58. The van der Waals surface area contributed by atoms with E-state index in [1.807, 2.05) is 4.57 Å². The SMILES string of the molecule is CC(C)CCn1c(N)n[nH]c1=S. The lowest BCUT2D eigenvalue weighted by Crippen LogP contribution is -2.05. The predicted molar refractivity (Wildman–Crippen MR) is 51.3 cm³/mol. The summed E-state index contributed by atoms with van der Waals surface area (Å²) in [5, 5.41) is 6.47. The molecule has 68 valence electrons. The van der Waals surface area contributed by atoms with E-state index < -0.39 is 0 Å². The third-order valence-corrected chi connectivity index (χ3v) is 2.03. The van der Waals surface area contributed by atoms with Gasteiger partial charge in [0.15, 0.2) is 4.77 Å². The van der Waals surface area contributed by atoms with Gasteiger partial charge in [-0.2, -0.15) is 0 Å². The van der Waals surface area contributed by atoms with Crippen LogP contribution in [-0.4, -0.2) is 14.8 Å². The first kappa shape index (κ1) is 9.25. The molecule has 1 rings (SSSR count). The number of nitrogens with two attached hydrogens (primary N) is 1. The van der Waals surface area contributed by atoms with Crippen LogP contribution in [0, 0.1) is 10.7 Å². The Morgan fingerprint density at radius 1 is 1.67 bits per heavy atom. The zero-order valence-corrected chi connectivity index (χ0v) is 8.19. The minimum atomic E-state index is 0.473. The Bertz CT molecular complexity index is 299. The highest BCUT2D eigenvalue weighted by atomic mass is 32.1. The summed E-state index contributed by atoms with van der Waals surface area (Å²) in [6.07, 6.45) is 1.07. The largest absolute Gasteiger partial charge is 0.368 e. The first-order chi connectivity index (χ1) is 5.61. The van der Waals surface area contributed by atoms with E-state index in [0.29, 0.717) is 16.6 Å². The molecule has 0 spiro atoms. The van der Waals surface area contributed by atoms with Crippen LogP contribution in [0.1, 0.15) is 20.3 Å². The zero-order chi connectivity index (χ0) is 9.14. The Morgan fingerprint density at radius 3 is 2.75 bits per heavy atom. The molecule has 0 atom stereocenters. The van der Waals surface area contributed by atoms with Gasteiger partial charge in [-0.05, 0) is 24.6 Å². The molecule has 5 heteroatoms. The maximum atomic E-state index is 5.58. The Labute approximate surface area is 76.8 Å². The molecule has 0 aliphatic rings. The lowest BCUT2D eigenvalue weighted by Gasteiger charge is -2.05. The molecule has 0 bridgehead atoms. The summed E-state index contributed by atoms with van der Waals surface area (Å²) in [6, 6.07) is 0. The second-order valence-electron chi connectivity index (χ2n) is 3.22. The van der Waals surface area contributed by atoms with Crippen molar-refractivity contribution in [1.29, 1.82) is 0 Å².